The van der Waals surface area contributed by atoms with Crippen molar-refractivity contribution in [1.29, 1.82) is 0 Å². The SMILES string of the molecule is c1ccc(-c2cc(-c3ccccc3)cc(-c3nc(-c4ccccc4)nc(-c4cc(-c5ccccc5)c(-n5c6ccccc6c6c7sc8c(ccc9c8c8ccccc8n9-c8ccccc8)c7ccc65)c(-c5ccccc5)c4)n3)c2)cc1. The molecule has 5 nitrogen and oxygen atoms in total. The molecule has 0 N–H and O–H groups in total. The summed E-state index contributed by atoms with van der Waals surface area (Å²) in [5.74, 6) is 1.78. The first-order valence-corrected chi connectivity index (χ1v) is 28.2. The first kappa shape index (κ1) is 46.6. The fourth-order valence-corrected chi connectivity index (χ4v) is 13.7. The maximum atomic E-state index is 5.52. The predicted molar refractivity (Wildman–Crippen MR) is 339 cm³/mol. The summed E-state index contributed by atoms with van der Waals surface area (Å²) in [5.41, 5.74) is 18.3. The molecular weight excluding hydrogens is 1000 g/mol. The van der Waals surface area contributed by atoms with Gasteiger partial charge in [-0.3, -0.25) is 0 Å². The second-order valence-corrected chi connectivity index (χ2v) is 21.7. The zero-order valence-corrected chi connectivity index (χ0v) is 44.6. The van der Waals surface area contributed by atoms with Crippen LogP contribution in [0.25, 0.3) is 154 Å². The molecular formula is C75H47N5S. The Labute approximate surface area is 471 Å². The smallest absolute Gasteiger partial charge is 0.164 e. The van der Waals surface area contributed by atoms with Crippen molar-refractivity contribution in [2.45, 2.75) is 0 Å². The summed E-state index contributed by atoms with van der Waals surface area (Å²) in [6, 6.07) is 102. The molecule has 4 heterocycles. The Morgan fingerprint density at radius 1 is 0.247 bits per heavy atom. The fourth-order valence-electron chi connectivity index (χ4n) is 12.3. The van der Waals surface area contributed by atoms with Crippen molar-refractivity contribution in [3.05, 3.63) is 285 Å². The van der Waals surface area contributed by atoms with Gasteiger partial charge in [0.25, 0.3) is 0 Å². The number of hydrogen-bond acceptors (Lipinski definition) is 4. The van der Waals surface area contributed by atoms with E-state index in [9.17, 15) is 0 Å². The summed E-state index contributed by atoms with van der Waals surface area (Å²) in [6.07, 6.45) is 0. The molecule has 4 aromatic heterocycles. The van der Waals surface area contributed by atoms with Gasteiger partial charge in [0.05, 0.1) is 27.8 Å². The van der Waals surface area contributed by atoms with Gasteiger partial charge in [-0.2, -0.15) is 0 Å². The summed E-state index contributed by atoms with van der Waals surface area (Å²) in [7, 11) is 0. The molecule has 0 bridgehead atoms. The Balaban J connectivity index is 0.968. The van der Waals surface area contributed by atoms with Crippen LogP contribution in [0.2, 0.25) is 0 Å². The maximum Gasteiger partial charge on any atom is 0.164 e. The second kappa shape index (κ2) is 19.1. The highest BCUT2D eigenvalue weighted by molar-refractivity contribution is 7.27. The standard InChI is InChI=1S/C75H47N5S/c1-7-23-48(24-8-1)53-43-54(49-25-9-2-10-26-49)45-55(44-53)74-76-73(52-31-15-5-16-32-52)77-75(78-74)56-46-62(50-27-11-3-12-28-50)70(63(47-56)51-29-13-4-14-30-51)80-65-38-22-20-36-61(65)69-67(80)42-40-59-58-39-41-66-68(71(58)81-72(59)69)60-35-19-21-37-64(60)79(66)57-33-17-6-18-34-57/h1-47H. The monoisotopic (exact) mass is 1050 g/mol. The lowest BCUT2D eigenvalue weighted by Crippen LogP contribution is -2.04. The van der Waals surface area contributed by atoms with Gasteiger partial charge in [0.1, 0.15) is 0 Å². The van der Waals surface area contributed by atoms with Gasteiger partial charge in [-0.15, -0.1) is 11.3 Å². The quantitative estimate of drug-likeness (QED) is 0.145. The minimum absolute atomic E-state index is 0.584. The Kier molecular flexibility index (Phi) is 11.0. The molecule has 0 saturated heterocycles. The van der Waals surface area contributed by atoms with Crippen LogP contribution in [-0.4, -0.2) is 24.1 Å². The minimum atomic E-state index is 0.584. The lowest BCUT2D eigenvalue weighted by molar-refractivity contribution is 1.07. The molecule has 0 saturated carbocycles. The number of rotatable bonds is 9. The molecule has 6 heteroatoms. The van der Waals surface area contributed by atoms with Crippen LogP contribution in [0.1, 0.15) is 0 Å². The number of thiophene rings is 1. The van der Waals surface area contributed by atoms with E-state index in [-0.39, 0.29) is 0 Å². The van der Waals surface area contributed by atoms with Crippen molar-refractivity contribution in [3.63, 3.8) is 0 Å². The molecule has 16 rings (SSSR count). The van der Waals surface area contributed by atoms with Gasteiger partial charge in [-0.1, -0.05) is 218 Å². The van der Waals surface area contributed by atoms with Crippen molar-refractivity contribution in [2.75, 3.05) is 0 Å². The van der Waals surface area contributed by atoms with Crippen LogP contribution in [0.15, 0.2) is 285 Å². The number of hydrogen-bond donors (Lipinski definition) is 0. The van der Waals surface area contributed by atoms with Gasteiger partial charge in [0.15, 0.2) is 17.5 Å². The van der Waals surface area contributed by atoms with Gasteiger partial charge in [-0.05, 0) is 100 Å². The summed E-state index contributed by atoms with van der Waals surface area (Å²) < 4.78 is 7.51. The first-order valence-electron chi connectivity index (χ1n) is 27.4. The van der Waals surface area contributed by atoms with Crippen LogP contribution in [-0.2, 0) is 0 Å². The van der Waals surface area contributed by atoms with Crippen molar-refractivity contribution < 1.29 is 0 Å². The largest absolute Gasteiger partial charge is 0.309 e. The van der Waals surface area contributed by atoms with Crippen molar-refractivity contribution in [1.82, 2.24) is 24.1 Å². The number of benzene rings is 12. The maximum absolute atomic E-state index is 5.52. The molecule has 0 unspecified atom stereocenters. The van der Waals surface area contributed by atoms with Crippen molar-refractivity contribution in [3.8, 4) is 90.0 Å². The zero-order chi connectivity index (χ0) is 53.4. The Morgan fingerprint density at radius 2 is 0.605 bits per heavy atom. The number of para-hydroxylation sites is 3. The molecule has 0 aliphatic heterocycles. The average molecular weight is 1050 g/mol. The lowest BCUT2D eigenvalue weighted by atomic mass is 9.92. The van der Waals surface area contributed by atoms with Gasteiger partial charge in [-0.25, -0.2) is 15.0 Å². The zero-order valence-electron chi connectivity index (χ0n) is 43.8. The lowest BCUT2D eigenvalue weighted by Gasteiger charge is -2.21. The number of aromatic nitrogens is 5. The van der Waals surface area contributed by atoms with Gasteiger partial charge < -0.3 is 9.13 Å². The molecule has 0 amide bonds. The molecule has 0 atom stereocenters. The third-order valence-corrected chi connectivity index (χ3v) is 17.2. The normalized spacial score (nSPS) is 11.7. The molecule has 378 valence electrons. The summed E-state index contributed by atoms with van der Waals surface area (Å²) in [6.45, 7) is 0. The van der Waals surface area contributed by atoms with Crippen LogP contribution in [0.3, 0.4) is 0 Å². The molecule has 12 aromatic carbocycles. The molecule has 0 fully saturated rings. The summed E-state index contributed by atoms with van der Waals surface area (Å²) in [5, 5.41) is 7.52. The average Bonchev–Trinajstić information content (AvgIpc) is 3.74. The van der Waals surface area contributed by atoms with Crippen LogP contribution < -0.4 is 0 Å². The van der Waals surface area contributed by atoms with E-state index < -0.39 is 0 Å². The Bertz CT molecular complexity index is 4950. The van der Waals surface area contributed by atoms with Gasteiger partial charge >= 0.3 is 0 Å². The van der Waals surface area contributed by atoms with Gasteiger partial charge in [0, 0.05) is 75.2 Å². The molecule has 0 radical (unpaired) electrons. The first-order chi connectivity index (χ1) is 40.2. The van der Waals surface area contributed by atoms with E-state index in [1.165, 1.54) is 52.8 Å². The van der Waals surface area contributed by atoms with Crippen LogP contribution in [0.5, 0.6) is 0 Å². The van der Waals surface area contributed by atoms with Crippen LogP contribution >= 0.6 is 11.3 Å². The fraction of sp³-hybridized carbons (Fsp3) is 0. The van der Waals surface area contributed by atoms with Crippen LogP contribution in [0, 0.1) is 0 Å². The number of nitrogens with zero attached hydrogens (tertiary/aromatic N) is 5. The topological polar surface area (TPSA) is 48.5 Å². The molecule has 0 aliphatic rings. The van der Waals surface area contributed by atoms with E-state index in [1.807, 2.05) is 29.5 Å². The van der Waals surface area contributed by atoms with E-state index >= 15 is 0 Å². The highest BCUT2D eigenvalue weighted by Gasteiger charge is 2.26. The molecule has 0 aliphatic carbocycles. The Morgan fingerprint density at radius 3 is 1.09 bits per heavy atom. The van der Waals surface area contributed by atoms with E-state index in [1.54, 1.807) is 0 Å². The molecule has 16 aromatic rings. The highest BCUT2D eigenvalue weighted by atomic mass is 32.1. The van der Waals surface area contributed by atoms with Crippen molar-refractivity contribution in [2.24, 2.45) is 0 Å². The molecule has 81 heavy (non-hydrogen) atoms. The van der Waals surface area contributed by atoms with E-state index in [0.717, 1.165) is 83.6 Å². The van der Waals surface area contributed by atoms with Crippen molar-refractivity contribution >= 4 is 75.1 Å². The van der Waals surface area contributed by atoms with Gasteiger partial charge in [0.2, 0.25) is 0 Å². The second-order valence-electron chi connectivity index (χ2n) is 20.7. The van der Waals surface area contributed by atoms with E-state index in [4.69, 9.17) is 15.0 Å². The van der Waals surface area contributed by atoms with E-state index in [2.05, 4.69) is 276 Å². The van der Waals surface area contributed by atoms with E-state index in [0.29, 0.717) is 17.5 Å². The third-order valence-electron chi connectivity index (χ3n) is 15.9. The molecule has 0 spiro atoms. The van der Waals surface area contributed by atoms with Crippen LogP contribution in [0.4, 0.5) is 0 Å². The third kappa shape index (κ3) is 7.79. The summed E-state index contributed by atoms with van der Waals surface area (Å²) >= 11 is 1.92. The summed E-state index contributed by atoms with van der Waals surface area (Å²) in [4.78, 5) is 16.2. The Hall–Kier alpha value is -10.5. The highest BCUT2D eigenvalue weighted by Crippen LogP contribution is 2.50. The minimum Gasteiger partial charge on any atom is -0.309 e. The predicted octanol–water partition coefficient (Wildman–Crippen LogP) is 20.1. The number of fused-ring (bicyclic) bond motifs is 11.